The Labute approximate surface area is 200 Å². The van der Waals surface area contributed by atoms with Gasteiger partial charge in [0.15, 0.2) is 5.16 Å². The van der Waals surface area contributed by atoms with E-state index in [-0.39, 0.29) is 48.5 Å². The Kier molecular flexibility index (Phi) is 8.30. The molecule has 34 heavy (non-hydrogen) atoms. The minimum absolute atomic E-state index is 0.0548. The van der Waals surface area contributed by atoms with Crippen LogP contribution in [0.2, 0.25) is 0 Å². The number of carbonyl (C=O) groups is 3. The van der Waals surface area contributed by atoms with Gasteiger partial charge in [-0.15, -0.1) is 10.2 Å². The second kappa shape index (κ2) is 11.4. The van der Waals surface area contributed by atoms with Crippen LogP contribution in [0.3, 0.4) is 0 Å². The Balaban J connectivity index is 1.80. The maximum absolute atomic E-state index is 12.8. The highest BCUT2D eigenvalue weighted by atomic mass is 32.2. The molecule has 2 aromatic heterocycles. The number of amides is 1. The summed E-state index contributed by atoms with van der Waals surface area (Å²) in [6.45, 7) is 4.67. The van der Waals surface area contributed by atoms with Gasteiger partial charge in [0.05, 0.1) is 13.2 Å². The largest absolute Gasteiger partial charge is 0.462 e. The average Bonchev–Trinajstić information content (AvgIpc) is 3.32. The summed E-state index contributed by atoms with van der Waals surface area (Å²) < 4.78 is 17.0. The number of nitrogens with one attached hydrogen (secondary N) is 1. The second-order valence-corrected chi connectivity index (χ2v) is 7.87. The number of ether oxygens (including phenoxy) is 2. The van der Waals surface area contributed by atoms with Crippen LogP contribution in [0.4, 0.5) is 11.8 Å². The number of nitrogens with zero attached hydrogens (tertiary/aromatic N) is 3. The highest BCUT2D eigenvalue weighted by Gasteiger charge is 2.31. The van der Waals surface area contributed by atoms with E-state index < -0.39 is 17.8 Å². The number of benzene rings is 1. The zero-order valence-electron chi connectivity index (χ0n) is 19.0. The van der Waals surface area contributed by atoms with E-state index in [0.29, 0.717) is 10.9 Å². The van der Waals surface area contributed by atoms with Crippen LogP contribution >= 0.6 is 11.8 Å². The highest BCUT2D eigenvalue weighted by molar-refractivity contribution is 7.98. The van der Waals surface area contributed by atoms with Gasteiger partial charge in [-0.1, -0.05) is 42.1 Å². The van der Waals surface area contributed by atoms with Crippen LogP contribution < -0.4 is 11.1 Å². The van der Waals surface area contributed by atoms with E-state index in [1.165, 1.54) is 23.3 Å². The molecule has 0 aliphatic rings. The van der Waals surface area contributed by atoms with Crippen molar-refractivity contribution in [2.75, 3.05) is 24.3 Å². The Morgan fingerprint density at radius 3 is 2.35 bits per heavy atom. The number of nitrogens with two attached hydrogens (primary N) is 1. The lowest BCUT2D eigenvalue weighted by molar-refractivity contribution is -0.116. The molecule has 0 saturated carbocycles. The van der Waals surface area contributed by atoms with Gasteiger partial charge in [0.25, 0.3) is 0 Å². The molecule has 3 aromatic rings. The van der Waals surface area contributed by atoms with Crippen molar-refractivity contribution >= 4 is 41.4 Å². The number of aromatic nitrogens is 3. The summed E-state index contributed by atoms with van der Waals surface area (Å²) >= 11 is 1.37. The Hall–Kier alpha value is -3.80. The number of rotatable bonds is 10. The maximum atomic E-state index is 12.8. The lowest BCUT2D eigenvalue weighted by Crippen LogP contribution is -2.22. The Bertz CT molecular complexity index is 1170. The van der Waals surface area contributed by atoms with Crippen molar-refractivity contribution in [3.63, 3.8) is 0 Å². The van der Waals surface area contributed by atoms with Crippen LogP contribution in [0.25, 0.3) is 0 Å². The molecule has 12 heteroatoms. The number of hydrogen-bond donors (Lipinski definition) is 2. The van der Waals surface area contributed by atoms with Crippen LogP contribution in [-0.4, -0.2) is 45.8 Å². The predicted octanol–water partition coefficient (Wildman–Crippen LogP) is 3.05. The van der Waals surface area contributed by atoms with Gasteiger partial charge in [0, 0.05) is 5.75 Å². The molecule has 0 spiro atoms. The van der Waals surface area contributed by atoms with Gasteiger partial charge < -0.3 is 19.6 Å². The summed E-state index contributed by atoms with van der Waals surface area (Å²) in [4.78, 5) is 37.8. The average molecular weight is 488 g/mol. The van der Waals surface area contributed by atoms with Gasteiger partial charge >= 0.3 is 11.9 Å². The first kappa shape index (κ1) is 24.8. The van der Waals surface area contributed by atoms with E-state index >= 15 is 0 Å². The van der Waals surface area contributed by atoms with Crippen molar-refractivity contribution in [3.05, 3.63) is 52.8 Å². The first-order chi connectivity index (χ1) is 16.3. The molecule has 0 aliphatic heterocycles. The molecule has 3 N–H and O–H groups in total. The normalized spacial score (nSPS) is 10.7. The molecule has 0 radical (unpaired) electrons. The zero-order valence-corrected chi connectivity index (χ0v) is 19.8. The standard InChI is InChI=1S/C22H25N5O6S/c1-4-31-19(29)16-13(3)33-18(17(16)20(30)32-5-2)24-15(28)11-27-21(23)25-26-22(27)34-12-14-9-7-6-8-10-14/h6-10H,4-5,11-12H2,1-3H3,(H2,23,25)(H,24,28). The summed E-state index contributed by atoms with van der Waals surface area (Å²) in [7, 11) is 0. The quantitative estimate of drug-likeness (QED) is 0.322. The molecule has 0 saturated heterocycles. The predicted molar refractivity (Wildman–Crippen MR) is 124 cm³/mol. The summed E-state index contributed by atoms with van der Waals surface area (Å²) in [5, 5.41) is 10.9. The number of hydrogen-bond acceptors (Lipinski definition) is 10. The van der Waals surface area contributed by atoms with Crippen molar-refractivity contribution in [2.24, 2.45) is 0 Å². The summed E-state index contributed by atoms with van der Waals surface area (Å²) in [6.07, 6.45) is 0. The van der Waals surface area contributed by atoms with Gasteiger partial charge in [0.1, 0.15) is 23.4 Å². The minimum Gasteiger partial charge on any atom is -0.462 e. The molecule has 0 atom stereocenters. The molecule has 0 unspecified atom stereocenters. The number of nitrogen functional groups attached to an aromatic ring is 1. The number of furan rings is 1. The van der Waals surface area contributed by atoms with Crippen LogP contribution in [0, 0.1) is 6.92 Å². The minimum atomic E-state index is -0.819. The van der Waals surface area contributed by atoms with E-state index in [1.54, 1.807) is 13.8 Å². The molecule has 2 heterocycles. The summed E-state index contributed by atoms with van der Waals surface area (Å²) in [5.41, 5.74) is 6.67. The molecular weight excluding hydrogens is 462 g/mol. The van der Waals surface area contributed by atoms with Crippen molar-refractivity contribution in [1.82, 2.24) is 14.8 Å². The van der Waals surface area contributed by atoms with E-state index in [2.05, 4.69) is 15.5 Å². The topological polar surface area (TPSA) is 152 Å². The van der Waals surface area contributed by atoms with Crippen molar-refractivity contribution in [2.45, 2.75) is 38.2 Å². The molecule has 11 nitrogen and oxygen atoms in total. The monoisotopic (exact) mass is 487 g/mol. The Morgan fingerprint density at radius 2 is 1.71 bits per heavy atom. The molecule has 0 bridgehead atoms. The van der Waals surface area contributed by atoms with Crippen LogP contribution in [0.1, 0.15) is 45.9 Å². The molecule has 3 rings (SSSR count). The molecule has 0 fully saturated rings. The highest BCUT2D eigenvalue weighted by Crippen LogP contribution is 2.29. The number of carbonyl (C=O) groups excluding carboxylic acids is 3. The van der Waals surface area contributed by atoms with E-state index in [1.807, 2.05) is 30.3 Å². The van der Waals surface area contributed by atoms with E-state index in [0.717, 1.165) is 5.56 Å². The zero-order chi connectivity index (χ0) is 24.7. The first-order valence-electron chi connectivity index (χ1n) is 10.5. The third kappa shape index (κ3) is 5.76. The third-order valence-corrected chi connectivity index (χ3v) is 5.59. The van der Waals surface area contributed by atoms with Crippen LogP contribution in [0.5, 0.6) is 0 Å². The van der Waals surface area contributed by atoms with Crippen LogP contribution in [0.15, 0.2) is 39.9 Å². The van der Waals surface area contributed by atoms with Crippen molar-refractivity contribution in [3.8, 4) is 0 Å². The fourth-order valence-corrected chi connectivity index (χ4v) is 3.97. The van der Waals surface area contributed by atoms with E-state index in [4.69, 9.17) is 19.6 Å². The summed E-state index contributed by atoms with van der Waals surface area (Å²) in [6, 6.07) is 9.73. The van der Waals surface area contributed by atoms with Crippen molar-refractivity contribution < 1.29 is 28.3 Å². The Morgan fingerprint density at radius 1 is 1.06 bits per heavy atom. The van der Waals surface area contributed by atoms with Gasteiger partial charge in [-0.25, -0.2) is 9.59 Å². The van der Waals surface area contributed by atoms with Crippen molar-refractivity contribution in [1.29, 1.82) is 0 Å². The molecule has 180 valence electrons. The SMILES string of the molecule is CCOC(=O)c1c(C)oc(NC(=O)Cn2c(N)nnc2SCc2ccccc2)c1C(=O)OCC. The van der Waals surface area contributed by atoms with Gasteiger partial charge in [-0.3, -0.25) is 14.7 Å². The van der Waals surface area contributed by atoms with Gasteiger partial charge in [-0.2, -0.15) is 0 Å². The molecular formula is C22H25N5O6S. The number of anilines is 2. The number of esters is 2. The first-order valence-corrected chi connectivity index (χ1v) is 11.5. The maximum Gasteiger partial charge on any atom is 0.344 e. The lowest BCUT2D eigenvalue weighted by Gasteiger charge is -2.09. The van der Waals surface area contributed by atoms with Crippen LogP contribution in [-0.2, 0) is 26.6 Å². The smallest absolute Gasteiger partial charge is 0.344 e. The number of aryl methyl sites for hydroxylation is 1. The second-order valence-electron chi connectivity index (χ2n) is 6.93. The summed E-state index contributed by atoms with van der Waals surface area (Å²) in [5.74, 6) is -1.58. The fraction of sp³-hybridized carbons (Fsp3) is 0.318. The number of thioether (sulfide) groups is 1. The molecule has 1 amide bonds. The van der Waals surface area contributed by atoms with Gasteiger partial charge in [0.2, 0.25) is 17.7 Å². The van der Waals surface area contributed by atoms with Gasteiger partial charge in [-0.05, 0) is 26.3 Å². The fourth-order valence-electron chi connectivity index (χ4n) is 3.07. The molecule has 0 aliphatic carbocycles. The molecule has 1 aromatic carbocycles. The van der Waals surface area contributed by atoms with E-state index in [9.17, 15) is 14.4 Å². The third-order valence-electron chi connectivity index (χ3n) is 4.55. The lowest BCUT2D eigenvalue weighted by atomic mass is 10.1.